The lowest BCUT2D eigenvalue weighted by Gasteiger charge is -2.10. The molecule has 0 bridgehead atoms. The van der Waals surface area contributed by atoms with Gasteiger partial charge in [-0.1, -0.05) is 12.1 Å². The number of thiophene rings is 1. The van der Waals surface area contributed by atoms with Crippen molar-refractivity contribution in [2.45, 2.75) is 13.5 Å². The largest absolute Gasteiger partial charge is 0.474 e. The molecule has 31 heavy (non-hydrogen) atoms. The number of carbonyl (C=O) groups is 1. The Labute approximate surface area is 182 Å². The molecule has 0 unspecified atom stereocenters. The van der Waals surface area contributed by atoms with Crippen LogP contribution in [-0.4, -0.2) is 41.0 Å². The van der Waals surface area contributed by atoms with Gasteiger partial charge < -0.3 is 14.8 Å². The minimum absolute atomic E-state index is 0.251. The van der Waals surface area contributed by atoms with Crippen LogP contribution in [0, 0.1) is 12.7 Å². The minimum Gasteiger partial charge on any atom is -0.474 e. The van der Waals surface area contributed by atoms with E-state index in [0.29, 0.717) is 36.2 Å². The Morgan fingerprint density at radius 1 is 1.23 bits per heavy atom. The van der Waals surface area contributed by atoms with E-state index in [-0.39, 0.29) is 11.7 Å². The summed E-state index contributed by atoms with van der Waals surface area (Å²) in [6.45, 7) is 3.15. The molecule has 1 aromatic carbocycles. The fourth-order valence-electron chi connectivity index (χ4n) is 3.10. The van der Waals surface area contributed by atoms with Crippen LogP contribution in [0.4, 0.5) is 10.1 Å². The molecule has 0 aliphatic heterocycles. The van der Waals surface area contributed by atoms with Gasteiger partial charge in [-0.25, -0.2) is 9.37 Å². The van der Waals surface area contributed by atoms with Crippen molar-refractivity contribution in [3.8, 4) is 5.88 Å². The molecule has 160 valence electrons. The monoisotopic (exact) mass is 440 g/mol. The molecule has 7 nitrogen and oxygen atoms in total. The first kappa shape index (κ1) is 21.0. The van der Waals surface area contributed by atoms with Gasteiger partial charge in [-0.15, -0.1) is 11.3 Å². The normalized spacial score (nSPS) is 11.1. The van der Waals surface area contributed by atoms with Crippen molar-refractivity contribution in [1.29, 1.82) is 0 Å². The van der Waals surface area contributed by atoms with Gasteiger partial charge in [0.05, 0.1) is 23.7 Å². The first-order chi connectivity index (χ1) is 15.0. The van der Waals surface area contributed by atoms with E-state index in [0.717, 1.165) is 21.5 Å². The quantitative estimate of drug-likeness (QED) is 0.414. The van der Waals surface area contributed by atoms with Crippen LogP contribution in [0.15, 0.2) is 48.7 Å². The SMILES string of the molecule is COCCOc1ncccc1NC(=O)c1cc2c(C)nn(Cc3ccc(F)cc3)c2s1. The maximum absolute atomic E-state index is 13.2. The van der Waals surface area contributed by atoms with Crippen LogP contribution in [0.3, 0.4) is 0 Å². The molecule has 3 aromatic heterocycles. The van der Waals surface area contributed by atoms with Crippen molar-refractivity contribution in [2.75, 3.05) is 25.6 Å². The number of halogens is 1. The summed E-state index contributed by atoms with van der Waals surface area (Å²) < 4.78 is 25.6. The zero-order valence-electron chi connectivity index (χ0n) is 17.1. The summed E-state index contributed by atoms with van der Waals surface area (Å²) in [6, 6.07) is 11.6. The number of nitrogens with zero attached hydrogens (tertiary/aromatic N) is 3. The third-order valence-electron chi connectivity index (χ3n) is 4.62. The molecule has 0 aliphatic rings. The highest BCUT2D eigenvalue weighted by molar-refractivity contribution is 7.20. The fourth-order valence-corrected chi connectivity index (χ4v) is 4.16. The zero-order chi connectivity index (χ0) is 21.8. The van der Waals surface area contributed by atoms with E-state index in [1.54, 1.807) is 37.6 Å². The Bertz CT molecular complexity index is 1200. The van der Waals surface area contributed by atoms with Gasteiger partial charge in [-0.2, -0.15) is 5.10 Å². The number of amides is 1. The Morgan fingerprint density at radius 2 is 2.03 bits per heavy atom. The van der Waals surface area contributed by atoms with Crippen LogP contribution in [0.2, 0.25) is 0 Å². The summed E-state index contributed by atoms with van der Waals surface area (Å²) in [5.74, 6) is -0.187. The van der Waals surface area contributed by atoms with Gasteiger partial charge >= 0.3 is 0 Å². The van der Waals surface area contributed by atoms with Gasteiger partial charge in [-0.05, 0) is 42.8 Å². The molecule has 0 saturated carbocycles. The summed E-state index contributed by atoms with van der Waals surface area (Å²) >= 11 is 1.35. The average molecular weight is 441 g/mol. The molecular formula is C22H21FN4O3S. The number of aromatic nitrogens is 3. The zero-order valence-corrected chi connectivity index (χ0v) is 17.9. The van der Waals surface area contributed by atoms with E-state index in [4.69, 9.17) is 9.47 Å². The molecule has 1 N–H and O–H groups in total. The number of fused-ring (bicyclic) bond motifs is 1. The number of benzene rings is 1. The van der Waals surface area contributed by atoms with Crippen molar-refractivity contribution < 1.29 is 18.7 Å². The Hall–Kier alpha value is -3.30. The molecule has 0 aliphatic carbocycles. The second kappa shape index (κ2) is 9.23. The van der Waals surface area contributed by atoms with Crippen molar-refractivity contribution in [2.24, 2.45) is 0 Å². The van der Waals surface area contributed by atoms with Gasteiger partial charge in [-0.3, -0.25) is 9.48 Å². The number of anilines is 1. The molecule has 0 saturated heterocycles. The molecule has 9 heteroatoms. The third-order valence-corrected chi connectivity index (χ3v) is 5.77. The van der Waals surface area contributed by atoms with E-state index in [1.165, 1.54) is 23.5 Å². The number of nitrogens with one attached hydrogen (secondary N) is 1. The Balaban J connectivity index is 1.55. The summed E-state index contributed by atoms with van der Waals surface area (Å²) in [4.78, 5) is 18.5. The topological polar surface area (TPSA) is 78.3 Å². The van der Waals surface area contributed by atoms with E-state index in [1.807, 2.05) is 17.7 Å². The number of methoxy groups -OCH3 is 1. The smallest absolute Gasteiger partial charge is 0.265 e. The fraction of sp³-hybridized carbons (Fsp3) is 0.227. The summed E-state index contributed by atoms with van der Waals surface area (Å²) in [7, 11) is 1.59. The van der Waals surface area contributed by atoms with Crippen LogP contribution in [-0.2, 0) is 11.3 Å². The molecule has 0 spiro atoms. The van der Waals surface area contributed by atoms with Gasteiger partial charge in [0.15, 0.2) is 0 Å². The maximum Gasteiger partial charge on any atom is 0.265 e. The second-order valence-electron chi connectivity index (χ2n) is 6.85. The lowest BCUT2D eigenvalue weighted by molar-refractivity contribution is 0.102. The Morgan fingerprint density at radius 3 is 2.81 bits per heavy atom. The van der Waals surface area contributed by atoms with Crippen LogP contribution >= 0.6 is 11.3 Å². The molecule has 0 fully saturated rings. The highest BCUT2D eigenvalue weighted by Gasteiger charge is 2.18. The van der Waals surface area contributed by atoms with Crippen LogP contribution in [0.25, 0.3) is 10.2 Å². The number of carbonyl (C=O) groups excluding carboxylic acids is 1. The van der Waals surface area contributed by atoms with Gasteiger partial charge in [0.25, 0.3) is 5.91 Å². The predicted octanol–water partition coefficient (Wildman–Crippen LogP) is 4.27. The molecule has 0 radical (unpaired) electrons. The van der Waals surface area contributed by atoms with Crippen molar-refractivity contribution in [1.82, 2.24) is 14.8 Å². The Kier molecular flexibility index (Phi) is 6.24. The van der Waals surface area contributed by atoms with E-state index in [9.17, 15) is 9.18 Å². The summed E-state index contributed by atoms with van der Waals surface area (Å²) in [6.07, 6.45) is 1.60. The van der Waals surface area contributed by atoms with Crippen LogP contribution in [0.1, 0.15) is 20.9 Å². The first-order valence-corrected chi connectivity index (χ1v) is 10.5. The molecule has 0 atom stereocenters. The predicted molar refractivity (Wildman–Crippen MR) is 117 cm³/mol. The van der Waals surface area contributed by atoms with Crippen molar-refractivity contribution >= 4 is 33.1 Å². The van der Waals surface area contributed by atoms with E-state index >= 15 is 0 Å². The van der Waals surface area contributed by atoms with E-state index in [2.05, 4.69) is 15.4 Å². The maximum atomic E-state index is 13.2. The average Bonchev–Trinajstić information content (AvgIpc) is 3.32. The molecule has 4 aromatic rings. The van der Waals surface area contributed by atoms with Gasteiger partial charge in [0.1, 0.15) is 22.9 Å². The van der Waals surface area contributed by atoms with Crippen molar-refractivity contribution in [3.05, 3.63) is 70.6 Å². The van der Waals surface area contributed by atoms with Gasteiger partial charge in [0.2, 0.25) is 5.88 Å². The highest BCUT2D eigenvalue weighted by atomic mass is 32.1. The standard InChI is InChI=1S/C22H21FN4O3S/c1-14-17-12-19(20(28)25-18-4-3-9-24-21(18)30-11-10-29-2)31-22(17)27(26-14)13-15-5-7-16(23)8-6-15/h3-9,12H,10-11,13H2,1-2H3,(H,25,28). The number of hydrogen-bond donors (Lipinski definition) is 1. The number of pyridine rings is 1. The van der Waals surface area contributed by atoms with Crippen LogP contribution in [0.5, 0.6) is 5.88 Å². The number of ether oxygens (including phenoxy) is 2. The molecule has 3 heterocycles. The summed E-state index contributed by atoms with van der Waals surface area (Å²) in [5, 5.41) is 8.36. The lowest BCUT2D eigenvalue weighted by Crippen LogP contribution is -2.13. The molecule has 4 rings (SSSR count). The van der Waals surface area contributed by atoms with E-state index < -0.39 is 0 Å². The van der Waals surface area contributed by atoms with Crippen LogP contribution < -0.4 is 10.1 Å². The minimum atomic E-state index is -0.276. The highest BCUT2D eigenvalue weighted by Crippen LogP contribution is 2.30. The molecule has 1 amide bonds. The molecular weight excluding hydrogens is 419 g/mol. The number of aryl methyl sites for hydroxylation is 1. The third kappa shape index (κ3) is 4.73. The second-order valence-corrected chi connectivity index (χ2v) is 7.88. The number of rotatable bonds is 8. The van der Waals surface area contributed by atoms with Crippen molar-refractivity contribution in [3.63, 3.8) is 0 Å². The van der Waals surface area contributed by atoms with Gasteiger partial charge in [0, 0.05) is 18.7 Å². The first-order valence-electron chi connectivity index (χ1n) is 9.64. The number of hydrogen-bond acceptors (Lipinski definition) is 6. The summed E-state index contributed by atoms with van der Waals surface area (Å²) in [5.41, 5.74) is 2.25. The lowest BCUT2D eigenvalue weighted by atomic mass is 10.2.